The lowest BCUT2D eigenvalue weighted by molar-refractivity contribution is -0.139. The van der Waals surface area contributed by atoms with Crippen molar-refractivity contribution in [3.8, 4) is 0 Å². The van der Waals surface area contributed by atoms with Gasteiger partial charge in [0.2, 0.25) is 5.28 Å². The molecule has 3 heterocycles. The maximum atomic E-state index is 12.4. The van der Waals surface area contributed by atoms with Crippen molar-refractivity contribution in [3.05, 3.63) is 35.0 Å². The molecule has 1 aliphatic rings. The molecule has 0 spiro atoms. The van der Waals surface area contributed by atoms with Crippen LogP contribution in [0.4, 0.5) is 11.5 Å². The van der Waals surface area contributed by atoms with Crippen molar-refractivity contribution in [2.24, 2.45) is 0 Å². The molecule has 1 N–H and O–H groups in total. The maximum absolute atomic E-state index is 12.4. The molecule has 0 fully saturated rings. The van der Waals surface area contributed by atoms with E-state index in [1.165, 1.54) is 13.3 Å². The van der Waals surface area contributed by atoms with Crippen LogP contribution in [0.5, 0.6) is 0 Å². The lowest BCUT2D eigenvalue weighted by atomic mass is 10.2. The summed E-state index contributed by atoms with van der Waals surface area (Å²) in [4.78, 5) is 23.5. The van der Waals surface area contributed by atoms with E-state index in [-0.39, 0.29) is 28.2 Å². The van der Waals surface area contributed by atoms with Gasteiger partial charge in [-0.25, -0.2) is 13.4 Å². The minimum absolute atomic E-state index is 0.0198. The number of ether oxygens (including phenoxy) is 1. The Labute approximate surface area is 149 Å². The molecule has 132 valence electrons. The largest absolute Gasteiger partial charge is 0.469 e. The van der Waals surface area contributed by atoms with E-state index in [1.807, 2.05) is 0 Å². The van der Waals surface area contributed by atoms with Crippen molar-refractivity contribution >= 4 is 38.9 Å². The van der Waals surface area contributed by atoms with Gasteiger partial charge in [-0.2, -0.15) is 4.98 Å². The van der Waals surface area contributed by atoms with Crippen molar-refractivity contribution in [2.45, 2.75) is 24.2 Å². The lowest BCUT2D eigenvalue weighted by Gasteiger charge is -2.19. The summed E-state index contributed by atoms with van der Waals surface area (Å²) in [6.45, 7) is 0. The number of aromatic nitrogens is 3. The van der Waals surface area contributed by atoms with Gasteiger partial charge < -0.3 is 10.1 Å². The quantitative estimate of drug-likeness (QED) is 0.628. The van der Waals surface area contributed by atoms with Crippen LogP contribution >= 0.6 is 11.6 Å². The number of methoxy groups -OCH3 is 1. The standard InChI is InChI=1S/C15H15ClN4O4S/c1-24-12(21)7-9-4-5-10(8-17-9)18-14-13-11(19-15(16)20-14)3-2-6-25(13,22)23/h4-5,8H,2-3,6-7H2,1H3,(H,18,19,20). The molecular weight excluding hydrogens is 368 g/mol. The summed E-state index contributed by atoms with van der Waals surface area (Å²) < 4.78 is 29.3. The highest BCUT2D eigenvalue weighted by atomic mass is 35.5. The Bertz CT molecular complexity index is 916. The first-order valence-electron chi connectivity index (χ1n) is 7.47. The number of halogens is 1. The zero-order valence-electron chi connectivity index (χ0n) is 13.3. The fourth-order valence-corrected chi connectivity index (χ4v) is 4.35. The highest BCUT2D eigenvalue weighted by molar-refractivity contribution is 7.91. The lowest BCUT2D eigenvalue weighted by Crippen LogP contribution is -2.20. The molecule has 0 saturated carbocycles. The second-order valence-corrected chi connectivity index (χ2v) is 7.84. The van der Waals surface area contributed by atoms with Gasteiger partial charge in [-0.15, -0.1) is 0 Å². The molecule has 10 heteroatoms. The minimum atomic E-state index is -3.46. The molecule has 0 saturated heterocycles. The number of pyridine rings is 1. The summed E-state index contributed by atoms with van der Waals surface area (Å²) in [6, 6.07) is 3.31. The van der Waals surface area contributed by atoms with Crippen LogP contribution in [0.25, 0.3) is 0 Å². The van der Waals surface area contributed by atoms with Crippen LogP contribution in [0.15, 0.2) is 23.2 Å². The fraction of sp³-hybridized carbons (Fsp3) is 0.333. The third-order valence-electron chi connectivity index (χ3n) is 3.69. The monoisotopic (exact) mass is 382 g/mol. The number of nitrogens with one attached hydrogen (secondary N) is 1. The van der Waals surface area contributed by atoms with E-state index < -0.39 is 15.8 Å². The zero-order valence-corrected chi connectivity index (χ0v) is 14.9. The average molecular weight is 383 g/mol. The molecule has 3 rings (SSSR count). The molecule has 2 aromatic rings. The Morgan fingerprint density at radius 1 is 1.36 bits per heavy atom. The van der Waals surface area contributed by atoms with Gasteiger partial charge in [-0.1, -0.05) is 0 Å². The summed E-state index contributed by atoms with van der Waals surface area (Å²) in [6.07, 6.45) is 2.57. The predicted molar refractivity (Wildman–Crippen MR) is 90.7 cm³/mol. The van der Waals surface area contributed by atoms with E-state index in [0.29, 0.717) is 29.9 Å². The second kappa shape index (κ2) is 6.93. The number of aryl methyl sites for hydroxylation is 1. The molecule has 2 aromatic heterocycles. The Morgan fingerprint density at radius 3 is 2.84 bits per heavy atom. The van der Waals surface area contributed by atoms with Gasteiger partial charge in [0.1, 0.15) is 4.90 Å². The highest BCUT2D eigenvalue weighted by Gasteiger charge is 2.30. The number of fused-ring (bicyclic) bond motifs is 1. The first kappa shape index (κ1) is 17.6. The van der Waals surface area contributed by atoms with Crippen LogP contribution < -0.4 is 5.32 Å². The number of carbonyl (C=O) groups is 1. The van der Waals surface area contributed by atoms with Crippen molar-refractivity contribution in [1.29, 1.82) is 0 Å². The number of anilines is 2. The van der Waals surface area contributed by atoms with Crippen molar-refractivity contribution in [3.63, 3.8) is 0 Å². The van der Waals surface area contributed by atoms with Crippen molar-refractivity contribution in [1.82, 2.24) is 15.0 Å². The van der Waals surface area contributed by atoms with E-state index in [9.17, 15) is 13.2 Å². The Balaban J connectivity index is 1.91. The van der Waals surface area contributed by atoms with Gasteiger partial charge >= 0.3 is 5.97 Å². The van der Waals surface area contributed by atoms with E-state index >= 15 is 0 Å². The van der Waals surface area contributed by atoms with E-state index in [1.54, 1.807) is 12.1 Å². The number of sulfone groups is 1. The maximum Gasteiger partial charge on any atom is 0.311 e. The summed E-state index contributed by atoms with van der Waals surface area (Å²) in [5, 5.41) is 2.91. The molecule has 0 aromatic carbocycles. The molecule has 0 unspecified atom stereocenters. The molecule has 8 nitrogen and oxygen atoms in total. The number of rotatable bonds is 4. The van der Waals surface area contributed by atoms with Crippen LogP contribution in [-0.2, 0) is 32.2 Å². The summed E-state index contributed by atoms with van der Waals surface area (Å²) in [5.41, 5.74) is 1.48. The van der Waals surface area contributed by atoms with Crippen molar-refractivity contribution in [2.75, 3.05) is 18.2 Å². The zero-order chi connectivity index (χ0) is 18.0. The smallest absolute Gasteiger partial charge is 0.311 e. The minimum Gasteiger partial charge on any atom is -0.469 e. The highest BCUT2D eigenvalue weighted by Crippen LogP contribution is 2.32. The molecule has 0 aliphatic carbocycles. The summed E-state index contributed by atoms with van der Waals surface area (Å²) >= 11 is 5.92. The van der Waals surface area contributed by atoms with Gasteiger partial charge in [0, 0.05) is 0 Å². The molecule has 0 bridgehead atoms. The second-order valence-electron chi connectivity index (χ2n) is 5.46. The number of nitrogens with zero attached hydrogens (tertiary/aromatic N) is 3. The van der Waals surface area contributed by atoms with Gasteiger partial charge in [-0.05, 0) is 36.6 Å². The summed E-state index contributed by atoms with van der Waals surface area (Å²) in [7, 11) is -2.16. The van der Waals surface area contributed by atoms with Crippen LogP contribution in [0.1, 0.15) is 17.8 Å². The first-order valence-corrected chi connectivity index (χ1v) is 9.50. The van der Waals surface area contributed by atoms with Crippen LogP contribution in [0.3, 0.4) is 0 Å². The number of esters is 1. The van der Waals surface area contributed by atoms with E-state index in [0.717, 1.165) is 0 Å². The predicted octanol–water partition coefficient (Wildman–Crippen LogP) is 1.70. The Morgan fingerprint density at radius 2 is 2.16 bits per heavy atom. The van der Waals surface area contributed by atoms with Crippen LogP contribution in [0, 0.1) is 0 Å². The third kappa shape index (κ3) is 3.88. The summed E-state index contributed by atoms with van der Waals surface area (Å²) in [5.74, 6) is -0.205. The number of hydrogen-bond acceptors (Lipinski definition) is 8. The van der Waals surface area contributed by atoms with Gasteiger partial charge in [0.25, 0.3) is 0 Å². The average Bonchev–Trinajstić information content (AvgIpc) is 2.55. The number of hydrogen-bond donors (Lipinski definition) is 1. The molecule has 1 aliphatic heterocycles. The number of carbonyl (C=O) groups excluding carboxylic acids is 1. The topological polar surface area (TPSA) is 111 Å². The van der Waals surface area contributed by atoms with Gasteiger partial charge in [0.15, 0.2) is 15.7 Å². The molecule has 0 amide bonds. The fourth-order valence-electron chi connectivity index (χ4n) is 2.54. The van der Waals surface area contributed by atoms with Gasteiger partial charge in [-0.3, -0.25) is 9.78 Å². The Kier molecular flexibility index (Phi) is 4.87. The SMILES string of the molecule is COC(=O)Cc1ccc(Nc2nc(Cl)nc3c2S(=O)(=O)CCC3)cn1. The van der Waals surface area contributed by atoms with E-state index in [2.05, 4.69) is 25.0 Å². The van der Waals surface area contributed by atoms with Crippen LogP contribution in [0.2, 0.25) is 5.28 Å². The third-order valence-corrected chi connectivity index (χ3v) is 5.73. The molecule has 0 atom stereocenters. The first-order chi connectivity index (χ1) is 11.9. The van der Waals surface area contributed by atoms with Crippen LogP contribution in [-0.4, -0.2) is 42.2 Å². The molecule has 0 radical (unpaired) electrons. The molecule has 25 heavy (non-hydrogen) atoms. The normalized spacial score (nSPS) is 15.3. The Hall–Kier alpha value is -2.26. The van der Waals surface area contributed by atoms with Gasteiger partial charge in [0.05, 0.1) is 42.6 Å². The van der Waals surface area contributed by atoms with E-state index in [4.69, 9.17) is 11.6 Å². The molecular formula is C15H15ClN4O4S. The van der Waals surface area contributed by atoms with Crippen molar-refractivity contribution < 1.29 is 17.9 Å².